The first kappa shape index (κ1) is 19.0. The van der Waals surface area contributed by atoms with Gasteiger partial charge in [0.25, 0.3) is 0 Å². The van der Waals surface area contributed by atoms with E-state index in [1.165, 1.54) is 36.0 Å². The van der Waals surface area contributed by atoms with Crippen molar-refractivity contribution in [2.24, 2.45) is 5.41 Å². The second kappa shape index (κ2) is 8.15. The van der Waals surface area contributed by atoms with Crippen LogP contribution in [0.3, 0.4) is 0 Å². The Balaban J connectivity index is 2.05. The Morgan fingerprint density at radius 2 is 1.84 bits per heavy atom. The lowest BCUT2D eigenvalue weighted by molar-refractivity contribution is 0.0697. The average molecular weight is 336 g/mol. The summed E-state index contributed by atoms with van der Waals surface area (Å²) in [5, 5.41) is 8.91. The van der Waals surface area contributed by atoms with Crippen LogP contribution in [-0.4, -0.2) is 11.1 Å². The minimum absolute atomic E-state index is 0.265. The molecule has 0 radical (unpaired) electrons. The Morgan fingerprint density at radius 1 is 1.16 bits per heavy atom. The van der Waals surface area contributed by atoms with Gasteiger partial charge in [0.05, 0.1) is 5.56 Å². The Hall–Kier alpha value is -2.35. The van der Waals surface area contributed by atoms with Crippen molar-refractivity contribution >= 4 is 12.0 Å². The molecule has 0 aromatic heterocycles. The van der Waals surface area contributed by atoms with E-state index in [9.17, 15) is 4.79 Å². The van der Waals surface area contributed by atoms with E-state index in [1.54, 1.807) is 12.1 Å². The van der Waals surface area contributed by atoms with E-state index in [0.717, 1.165) is 5.56 Å². The van der Waals surface area contributed by atoms with Crippen molar-refractivity contribution in [3.05, 3.63) is 76.4 Å². The van der Waals surface area contributed by atoms with Crippen LogP contribution in [0, 0.1) is 5.41 Å². The summed E-state index contributed by atoms with van der Waals surface area (Å²) in [7, 11) is 0. The van der Waals surface area contributed by atoms with E-state index in [2.05, 4.69) is 45.9 Å². The molecule has 2 heteroatoms. The predicted molar refractivity (Wildman–Crippen MR) is 106 cm³/mol. The molecule has 0 atom stereocenters. The molecule has 1 aliphatic rings. The fourth-order valence-corrected chi connectivity index (χ4v) is 3.33. The smallest absolute Gasteiger partial charge is 0.335 e. The third-order valence-electron chi connectivity index (χ3n) is 4.86. The normalized spacial score (nSPS) is 18.3. The highest BCUT2D eigenvalue weighted by Crippen LogP contribution is 2.40. The summed E-state index contributed by atoms with van der Waals surface area (Å²) >= 11 is 0. The molecule has 0 unspecified atom stereocenters. The van der Waals surface area contributed by atoms with E-state index < -0.39 is 5.97 Å². The third kappa shape index (κ3) is 5.32. The van der Waals surface area contributed by atoms with E-state index in [1.807, 2.05) is 24.3 Å². The molecule has 25 heavy (non-hydrogen) atoms. The SMILES string of the molecule is CC(C=CC1=C(C)CCCC1(C)C)=CC=Cc1ccc(C(=O)O)cc1. The first-order valence-electron chi connectivity index (χ1n) is 8.86. The van der Waals surface area contributed by atoms with E-state index in [-0.39, 0.29) is 5.41 Å². The zero-order chi connectivity index (χ0) is 18.4. The minimum Gasteiger partial charge on any atom is -0.478 e. The first-order chi connectivity index (χ1) is 11.8. The second-order valence-corrected chi connectivity index (χ2v) is 7.46. The summed E-state index contributed by atoms with van der Waals surface area (Å²) in [6.45, 7) is 9.00. The summed E-state index contributed by atoms with van der Waals surface area (Å²) in [4.78, 5) is 10.8. The quantitative estimate of drug-likeness (QED) is 0.629. The van der Waals surface area contributed by atoms with Crippen LogP contribution < -0.4 is 0 Å². The van der Waals surface area contributed by atoms with Crippen LogP contribution in [0.1, 0.15) is 62.9 Å². The summed E-state index contributed by atoms with van der Waals surface area (Å²) in [6, 6.07) is 6.88. The molecule has 0 aliphatic heterocycles. The van der Waals surface area contributed by atoms with Crippen LogP contribution in [0.15, 0.2) is 65.3 Å². The second-order valence-electron chi connectivity index (χ2n) is 7.46. The number of allylic oxidation sites excluding steroid dienone is 7. The standard InChI is InChI=1S/C23H28O2/c1-17(10-15-21-18(2)8-6-16-23(21,3)4)7-5-9-19-11-13-20(14-12-19)22(24)25/h5,7,9-15H,6,8,16H2,1-4H3,(H,24,25). The van der Waals surface area contributed by atoms with E-state index in [0.29, 0.717) is 5.56 Å². The molecule has 1 aliphatic carbocycles. The van der Waals surface area contributed by atoms with Crippen molar-refractivity contribution in [3.8, 4) is 0 Å². The highest BCUT2D eigenvalue weighted by molar-refractivity contribution is 5.87. The van der Waals surface area contributed by atoms with Gasteiger partial charge in [-0.15, -0.1) is 0 Å². The number of carboxylic acids is 1. The molecule has 0 bridgehead atoms. The molecule has 132 valence electrons. The fraction of sp³-hybridized carbons (Fsp3) is 0.348. The molecule has 1 N–H and O–H groups in total. The number of carbonyl (C=O) groups is 1. The van der Waals surface area contributed by atoms with Gasteiger partial charge in [-0.2, -0.15) is 0 Å². The molecular formula is C23H28O2. The third-order valence-corrected chi connectivity index (χ3v) is 4.86. The van der Waals surface area contributed by atoms with E-state index in [4.69, 9.17) is 5.11 Å². The van der Waals surface area contributed by atoms with Crippen molar-refractivity contribution in [1.29, 1.82) is 0 Å². The zero-order valence-corrected chi connectivity index (χ0v) is 15.7. The molecule has 2 rings (SSSR count). The monoisotopic (exact) mass is 336 g/mol. The van der Waals surface area contributed by atoms with Crippen LogP contribution in [0.2, 0.25) is 0 Å². The summed E-state index contributed by atoms with van der Waals surface area (Å²) in [5.74, 6) is -0.897. The van der Waals surface area contributed by atoms with Gasteiger partial charge in [-0.3, -0.25) is 0 Å². The Kier molecular flexibility index (Phi) is 6.19. The van der Waals surface area contributed by atoms with Crippen LogP contribution >= 0.6 is 0 Å². The Bertz CT molecular complexity index is 741. The van der Waals surface area contributed by atoms with Gasteiger partial charge >= 0.3 is 5.97 Å². The number of benzene rings is 1. The van der Waals surface area contributed by atoms with Crippen LogP contribution in [0.4, 0.5) is 0 Å². The molecule has 0 fully saturated rings. The Labute approximate surface area is 151 Å². The predicted octanol–water partition coefficient (Wildman–Crippen LogP) is 6.43. The van der Waals surface area contributed by atoms with Gasteiger partial charge in [-0.05, 0) is 61.8 Å². The molecule has 1 aromatic rings. The van der Waals surface area contributed by atoms with Gasteiger partial charge < -0.3 is 5.11 Å². The van der Waals surface area contributed by atoms with Crippen LogP contribution in [0.25, 0.3) is 6.08 Å². The van der Waals surface area contributed by atoms with Crippen molar-refractivity contribution in [3.63, 3.8) is 0 Å². The maximum Gasteiger partial charge on any atom is 0.335 e. The first-order valence-corrected chi connectivity index (χ1v) is 8.86. The molecule has 0 spiro atoms. The maximum atomic E-state index is 10.8. The number of hydrogen-bond acceptors (Lipinski definition) is 1. The molecule has 0 amide bonds. The van der Waals surface area contributed by atoms with Crippen molar-refractivity contribution in [2.75, 3.05) is 0 Å². The summed E-state index contributed by atoms with van der Waals surface area (Å²) < 4.78 is 0. The highest BCUT2D eigenvalue weighted by Gasteiger charge is 2.26. The molecular weight excluding hydrogens is 308 g/mol. The molecule has 0 saturated heterocycles. The lowest BCUT2D eigenvalue weighted by Gasteiger charge is -2.32. The molecule has 0 heterocycles. The lowest BCUT2D eigenvalue weighted by Crippen LogP contribution is -2.19. The minimum atomic E-state index is -0.897. The number of hydrogen-bond donors (Lipinski definition) is 1. The Morgan fingerprint density at radius 3 is 2.44 bits per heavy atom. The van der Waals surface area contributed by atoms with Gasteiger partial charge in [0.2, 0.25) is 0 Å². The van der Waals surface area contributed by atoms with Crippen molar-refractivity contribution in [1.82, 2.24) is 0 Å². The average Bonchev–Trinajstić information content (AvgIpc) is 2.54. The highest BCUT2D eigenvalue weighted by atomic mass is 16.4. The van der Waals surface area contributed by atoms with Gasteiger partial charge in [0.1, 0.15) is 0 Å². The van der Waals surface area contributed by atoms with Gasteiger partial charge in [-0.1, -0.05) is 67.5 Å². The van der Waals surface area contributed by atoms with Crippen LogP contribution in [-0.2, 0) is 0 Å². The number of carboxylic acid groups (broad SMARTS) is 1. The maximum absolute atomic E-state index is 10.8. The zero-order valence-electron chi connectivity index (χ0n) is 15.7. The molecule has 2 nitrogen and oxygen atoms in total. The summed E-state index contributed by atoms with van der Waals surface area (Å²) in [5.41, 5.74) is 5.74. The topological polar surface area (TPSA) is 37.3 Å². The van der Waals surface area contributed by atoms with Crippen molar-refractivity contribution in [2.45, 2.75) is 47.0 Å². The van der Waals surface area contributed by atoms with E-state index >= 15 is 0 Å². The lowest BCUT2D eigenvalue weighted by atomic mass is 9.72. The van der Waals surface area contributed by atoms with Gasteiger partial charge in [0.15, 0.2) is 0 Å². The van der Waals surface area contributed by atoms with Crippen molar-refractivity contribution < 1.29 is 9.90 Å². The molecule has 1 aromatic carbocycles. The number of aromatic carboxylic acids is 1. The molecule has 0 saturated carbocycles. The number of rotatable bonds is 5. The fourth-order valence-electron chi connectivity index (χ4n) is 3.33. The van der Waals surface area contributed by atoms with Crippen LogP contribution in [0.5, 0.6) is 0 Å². The summed E-state index contributed by atoms with van der Waals surface area (Å²) in [6.07, 6.45) is 14.3. The van der Waals surface area contributed by atoms with Gasteiger partial charge in [0, 0.05) is 0 Å². The largest absolute Gasteiger partial charge is 0.478 e. The van der Waals surface area contributed by atoms with Gasteiger partial charge in [-0.25, -0.2) is 4.79 Å².